The van der Waals surface area contributed by atoms with E-state index in [1.807, 2.05) is 44.2 Å². The quantitative estimate of drug-likeness (QED) is 0.281. The van der Waals surface area contributed by atoms with E-state index in [-0.39, 0.29) is 29.6 Å². The van der Waals surface area contributed by atoms with Crippen LogP contribution in [0.25, 0.3) is 0 Å². The minimum atomic E-state index is -4.19. The summed E-state index contributed by atoms with van der Waals surface area (Å²) in [4.78, 5) is 29.2. The van der Waals surface area contributed by atoms with Crippen LogP contribution in [0.5, 0.6) is 0 Å². The number of benzene rings is 3. The highest BCUT2D eigenvalue weighted by molar-refractivity contribution is 7.90. The van der Waals surface area contributed by atoms with Gasteiger partial charge in [0.05, 0.1) is 5.69 Å². The third kappa shape index (κ3) is 8.91. The summed E-state index contributed by atoms with van der Waals surface area (Å²) in [6.45, 7) is 3.54. The van der Waals surface area contributed by atoms with Crippen molar-refractivity contribution in [3.63, 3.8) is 0 Å². The molecule has 0 spiro atoms. The molecule has 0 aliphatic rings. The predicted molar refractivity (Wildman–Crippen MR) is 165 cm³/mol. The minimum Gasteiger partial charge on any atom is -0.354 e. The number of nitrogens with zero attached hydrogens (tertiary/aromatic N) is 3. The van der Waals surface area contributed by atoms with Crippen LogP contribution in [0.2, 0.25) is 10.0 Å². The van der Waals surface area contributed by atoms with Crippen LogP contribution in [0.15, 0.2) is 72.8 Å². The Morgan fingerprint density at radius 2 is 1.60 bits per heavy atom. The van der Waals surface area contributed by atoms with Gasteiger partial charge in [-0.1, -0.05) is 73.4 Å². The van der Waals surface area contributed by atoms with Crippen LogP contribution < -0.4 is 9.62 Å². The molecule has 0 heterocycles. The largest absolute Gasteiger partial charge is 0.354 e. The van der Waals surface area contributed by atoms with E-state index in [4.69, 9.17) is 23.2 Å². The van der Waals surface area contributed by atoms with Gasteiger partial charge in [-0.05, 0) is 53.4 Å². The Balaban J connectivity index is 2.11. The van der Waals surface area contributed by atoms with Crippen molar-refractivity contribution in [1.82, 2.24) is 14.5 Å². The molecule has 3 aromatic carbocycles. The van der Waals surface area contributed by atoms with Crippen molar-refractivity contribution in [2.45, 2.75) is 32.9 Å². The van der Waals surface area contributed by atoms with E-state index in [0.717, 1.165) is 26.3 Å². The number of carbonyl (C=O) groups excluding carboxylic acids is 2. The molecule has 0 saturated carbocycles. The van der Waals surface area contributed by atoms with Crippen LogP contribution in [0, 0.1) is 11.7 Å². The summed E-state index contributed by atoms with van der Waals surface area (Å²) in [5.74, 6) is -1.46. The van der Waals surface area contributed by atoms with Gasteiger partial charge in [0.15, 0.2) is 0 Å². The monoisotopic (exact) mass is 636 g/mol. The third-order valence-corrected chi connectivity index (χ3v) is 8.85. The number of nitrogens with one attached hydrogen (secondary N) is 1. The second-order valence-corrected chi connectivity index (χ2v) is 13.3. The molecule has 0 aliphatic heterocycles. The first-order valence-corrected chi connectivity index (χ1v) is 15.5. The molecule has 1 atom stereocenters. The van der Waals surface area contributed by atoms with E-state index < -0.39 is 40.4 Å². The van der Waals surface area contributed by atoms with Gasteiger partial charge in [0, 0.05) is 43.7 Å². The van der Waals surface area contributed by atoms with Crippen molar-refractivity contribution >= 4 is 50.9 Å². The zero-order valence-electron chi connectivity index (χ0n) is 23.9. The van der Waals surface area contributed by atoms with Crippen LogP contribution in [0.4, 0.5) is 10.1 Å². The van der Waals surface area contributed by atoms with Gasteiger partial charge < -0.3 is 10.2 Å². The molecule has 0 fully saturated rings. The molecule has 2 amide bonds. The lowest BCUT2D eigenvalue weighted by Gasteiger charge is -2.34. The lowest BCUT2D eigenvalue weighted by atomic mass is 10.0. The number of anilines is 1. The molecular weight excluding hydrogens is 602 g/mol. The van der Waals surface area contributed by atoms with Crippen molar-refractivity contribution in [1.29, 1.82) is 0 Å². The molecule has 3 rings (SSSR count). The first-order chi connectivity index (χ1) is 19.8. The second kappa shape index (κ2) is 14.8. The van der Waals surface area contributed by atoms with E-state index in [0.29, 0.717) is 17.1 Å². The average Bonchev–Trinajstić information content (AvgIpc) is 2.94. The predicted octanol–water partition coefficient (Wildman–Crippen LogP) is 5.16. The number of hydrogen-bond donors (Lipinski definition) is 1. The molecular formula is C30H35Cl2FN4O4S. The summed E-state index contributed by atoms with van der Waals surface area (Å²) in [5.41, 5.74) is 1.42. The van der Waals surface area contributed by atoms with Crippen LogP contribution >= 0.6 is 23.2 Å². The van der Waals surface area contributed by atoms with Gasteiger partial charge in [-0.15, -0.1) is 0 Å². The Hall–Kier alpha value is -3.18. The summed E-state index contributed by atoms with van der Waals surface area (Å²) < 4.78 is 42.3. The van der Waals surface area contributed by atoms with Gasteiger partial charge in [-0.2, -0.15) is 12.7 Å². The van der Waals surface area contributed by atoms with Gasteiger partial charge in [-0.3, -0.25) is 9.59 Å². The number of rotatable bonds is 13. The van der Waals surface area contributed by atoms with Crippen LogP contribution in [0.1, 0.15) is 25.0 Å². The number of hydrogen-bond acceptors (Lipinski definition) is 4. The molecule has 0 aliphatic carbocycles. The van der Waals surface area contributed by atoms with Crippen molar-refractivity contribution in [2.75, 3.05) is 31.5 Å². The highest BCUT2D eigenvalue weighted by atomic mass is 35.5. The first-order valence-electron chi connectivity index (χ1n) is 13.3. The summed E-state index contributed by atoms with van der Waals surface area (Å²) in [6.07, 6.45) is 0.165. The van der Waals surface area contributed by atoms with Gasteiger partial charge in [0.1, 0.15) is 18.4 Å². The Bertz CT molecular complexity index is 1470. The summed E-state index contributed by atoms with van der Waals surface area (Å²) in [5, 5.41) is 3.61. The zero-order valence-corrected chi connectivity index (χ0v) is 26.3. The van der Waals surface area contributed by atoms with Gasteiger partial charge in [0.2, 0.25) is 11.8 Å². The van der Waals surface area contributed by atoms with E-state index >= 15 is 0 Å². The van der Waals surface area contributed by atoms with E-state index in [9.17, 15) is 22.4 Å². The lowest BCUT2D eigenvalue weighted by Crippen LogP contribution is -2.54. The molecule has 8 nitrogen and oxygen atoms in total. The third-order valence-electron chi connectivity index (χ3n) is 6.44. The Morgan fingerprint density at radius 3 is 2.17 bits per heavy atom. The van der Waals surface area contributed by atoms with Crippen LogP contribution in [-0.4, -0.2) is 62.7 Å². The molecule has 0 bridgehead atoms. The first kappa shape index (κ1) is 33.3. The molecule has 12 heteroatoms. The smallest absolute Gasteiger partial charge is 0.304 e. The van der Waals surface area contributed by atoms with Crippen LogP contribution in [0.3, 0.4) is 0 Å². The van der Waals surface area contributed by atoms with Crippen molar-refractivity contribution in [3.8, 4) is 0 Å². The molecule has 0 aromatic heterocycles. The fourth-order valence-electron chi connectivity index (χ4n) is 4.13. The SMILES string of the molecule is CC(C)CNC(=O)C(Cc1ccccc1)N(Cc1ccc(Cl)cc1Cl)C(=O)CN(c1ccc(F)cc1)S(=O)(=O)N(C)C. The fraction of sp³-hybridized carbons (Fsp3) is 0.333. The zero-order chi connectivity index (χ0) is 31.0. The molecule has 1 unspecified atom stereocenters. The maximum atomic E-state index is 14.2. The maximum absolute atomic E-state index is 14.2. The molecule has 1 N–H and O–H groups in total. The Labute approximate surface area is 257 Å². The highest BCUT2D eigenvalue weighted by Gasteiger charge is 2.35. The molecule has 3 aromatic rings. The molecule has 0 saturated heterocycles. The second-order valence-electron chi connectivity index (χ2n) is 10.4. The van der Waals surface area contributed by atoms with E-state index in [2.05, 4.69) is 5.32 Å². The normalized spacial score (nSPS) is 12.3. The van der Waals surface area contributed by atoms with Gasteiger partial charge in [0.25, 0.3) is 0 Å². The van der Waals surface area contributed by atoms with Crippen molar-refractivity contribution < 1.29 is 22.4 Å². The van der Waals surface area contributed by atoms with Gasteiger partial charge in [-0.25, -0.2) is 8.70 Å². The number of carbonyl (C=O) groups is 2. The van der Waals surface area contributed by atoms with Crippen molar-refractivity contribution in [3.05, 3.63) is 99.8 Å². The highest BCUT2D eigenvalue weighted by Crippen LogP contribution is 2.26. The topological polar surface area (TPSA) is 90.0 Å². The maximum Gasteiger partial charge on any atom is 0.304 e. The van der Waals surface area contributed by atoms with Gasteiger partial charge >= 0.3 is 10.2 Å². The Morgan fingerprint density at radius 1 is 0.952 bits per heavy atom. The number of halogens is 3. The fourth-order valence-corrected chi connectivity index (χ4v) is 5.66. The van der Waals surface area contributed by atoms with E-state index in [1.54, 1.807) is 12.1 Å². The minimum absolute atomic E-state index is 0.0896. The summed E-state index contributed by atoms with van der Waals surface area (Å²) >= 11 is 12.6. The standard InChI is InChI=1S/C30H35Cl2FN4O4S/c1-21(2)18-34-30(39)28(16-22-8-6-5-7-9-22)36(19-23-10-11-24(31)17-27(23)32)29(38)20-37(42(40,41)35(3)4)26-14-12-25(33)13-15-26/h5-15,17,21,28H,16,18-20H2,1-4H3,(H,34,39). The molecule has 42 heavy (non-hydrogen) atoms. The summed E-state index contributed by atoms with van der Waals surface area (Å²) in [7, 11) is -1.53. The van der Waals surface area contributed by atoms with Crippen molar-refractivity contribution in [2.24, 2.45) is 5.92 Å². The van der Waals surface area contributed by atoms with Crippen LogP contribution in [-0.2, 0) is 32.8 Å². The van der Waals surface area contributed by atoms with E-state index in [1.165, 1.54) is 37.2 Å². The lowest BCUT2D eigenvalue weighted by molar-refractivity contribution is -0.140. The number of amides is 2. The Kier molecular flexibility index (Phi) is 11.8. The molecule has 226 valence electrons. The molecule has 0 radical (unpaired) electrons. The summed E-state index contributed by atoms with van der Waals surface area (Å²) in [6, 6.07) is 17.8. The average molecular weight is 638 g/mol.